The number of ether oxygens (including phenoxy) is 1. The molecule has 0 bridgehead atoms. The van der Waals surface area contributed by atoms with Crippen LogP contribution < -0.4 is 14.6 Å². The molecule has 0 saturated heterocycles. The van der Waals surface area contributed by atoms with Gasteiger partial charge in [-0.15, -0.1) is 0 Å². The molecule has 0 aliphatic rings. The number of halogens is 1. The zero-order valence-corrected chi connectivity index (χ0v) is 23.5. The Morgan fingerprint density at radius 3 is 2.06 bits per heavy atom. The summed E-state index contributed by atoms with van der Waals surface area (Å²) < 4.78 is 7.95. The minimum Gasteiger partial charge on any atom is -0.494 e. The van der Waals surface area contributed by atoms with Gasteiger partial charge >= 0.3 is 0 Å². The minimum absolute atomic E-state index is 0.176. The Hall–Kier alpha value is -2.07. The first-order chi connectivity index (χ1) is 17.6. The first-order valence-corrected chi connectivity index (χ1v) is 14.7. The van der Waals surface area contributed by atoms with E-state index in [2.05, 4.69) is 23.7 Å². The van der Waals surface area contributed by atoms with Crippen LogP contribution in [0.25, 0.3) is 0 Å². The molecular weight excluding hydrogens is 468 g/mol. The van der Waals surface area contributed by atoms with Crippen LogP contribution in [0.15, 0.2) is 42.7 Å². The van der Waals surface area contributed by atoms with E-state index in [9.17, 15) is 4.79 Å². The molecule has 0 unspecified atom stereocenters. The molecule has 4 nitrogen and oxygen atoms in total. The Kier molecular flexibility index (Phi) is 16.0. The van der Waals surface area contributed by atoms with Gasteiger partial charge in [0.2, 0.25) is 0 Å². The Bertz CT molecular complexity index is 871. The summed E-state index contributed by atoms with van der Waals surface area (Å²) in [4.78, 5) is 12.6. The maximum Gasteiger partial charge on any atom is 0.253 e. The number of carbonyl (C=O) groups is 1. The molecule has 1 amide bonds. The number of nitrogens with one attached hydrogen (secondary N) is 1. The first kappa shape index (κ1) is 30.2. The summed E-state index contributed by atoms with van der Waals surface area (Å²) in [5.41, 5.74) is 1.52. The number of hydrogen-bond acceptors (Lipinski definition) is 2. The van der Waals surface area contributed by atoms with E-state index in [0.717, 1.165) is 24.3 Å². The SMILES string of the molecule is CCCCCCCCCCCCCCCCOc1ccc(C(=O)NCc2ccc[n+](CC)c2)c(Cl)c1. The molecule has 0 atom stereocenters. The highest BCUT2D eigenvalue weighted by Gasteiger charge is 2.12. The molecular formula is C31H48ClN2O2+. The van der Waals surface area contributed by atoms with Crippen molar-refractivity contribution in [2.24, 2.45) is 0 Å². The van der Waals surface area contributed by atoms with Crippen molar-refractivity contribution in [1.82, 2.24) is 5.32 Å². The molecule has 1 aromatic carbocycles. The second kappa shape index (κ2) is 19.1. The van der Waals surface area contributed by atoms with Crippen LogP contribution in [0.4, 0.5) is 0 Å². The van der Waals surface area contributed by atoms with Gasteiger partial charge in [0.05, 0.1) is 17.2 Å². The summed E-state index contributed by atoms with van der Waals surface area (Å²) in [5, 5.41) is 3.37. The lowest BCUT2D eigenvalue weighted by Gasteiger charge is -2.10. The number of aryl methyl sites for hydroxylation is 1. The molecule has 1 aromatic heterocycles. The number of hydrogen-bond donors (Lipinski definition) is 1. The standard InChI is InChI=1S/C31H47ClN2O2/c1-3-5-6-7-8-9-10-11-12-13-14-15-16-17-23-36-28-20-21-29(30(32)24-28)31(35)33-25-27-19-18-22-34(4-2)26-27/h18-22,24,26H,3-17,23,25H2,1-2H3/p+1. The maximum absolute atomic E-state index is 12.6. The molecule has 1 heterocycles. The monoisotopic (exact) mass is 515 g/mol. The Balaban J connectivity index is 1.52. The second-order valence-electron chi connectivity index (χ2n) is 9.81. The predicted molar refractivity (Wildman–Crippen MR) is 151 cm³/mol. The molecule has 2 aromatic rings. The van der Waals surface area contributed by atoms with Gasteiger partial charge in [0, 0.05) is 18.2 Å². The number of pyridine rings is 1. The third-order valence-electron chi connectivity index (χ3n) is 6.69. The number of aromatic nitrogens is 1. The van der Waals surface area contributed by atoms with Crippen LogP contribution >= 0.6 is 11.6 Å². The van der Waals surface area contributed by atoms with E-state index in [4.69, 9.17) is 16.3 Å². The van der Waals surface area contributed by atoms with Crippen molar-refractivity contribution in [3.8, 4) is 5.75 Å². The average molecular weight is 516 g/mol. The number of rotatable bonds is 20. The van der Waals surface area contributed by atoms with Crippen molar-refractivity contribution >= 4 is 17.5 Å². The summed E-state index contributed by atoms with van der Waals surface area (Å²) in [6, 6.07) is 9.31. The van der Waals surface area contributed by atoms with Gasteiger partial charge in [-0.1, -0.05) is 102 Å². The molecule has 0 saturated carbocycles. The smallest absolute Gasteiger partial charge is 0.253 e. The normalized spacial score (nSPS) is 11.0. The molecule has 0 radical (unpaired) electrons. The van der Waals surface area contributed by atoms with Crippen LogP contribution in [-0.2, 0) is 13.1 Å². The highest BCUT2D eigenvalue weighted by atomic mass is 35.5. The molecule has 0 fully saturated rings. The molecule has 0 aliphatic heterocycles. The summed E-state index contributed by atoms with van der Waals surface area (Å²) in [6.45, 7) is 6.41. The van der Waals surface area contributed by atoms with E-state index < -0.39 is 0 Å². The van der Waals surface area contributed by atoms with Crippen molar-refractivity contribution < 1.29 is 14.1 Å². The lowest BCUT2D eigenvalue weighted by atomic mass is 10.0. The van der Waals surface area contributed by atoms with Crippen molar-refractivity contribution in [1.29, 1.82) is 0 Å². The molecule has 2 rings (SSSR count). The van der Waals surface area contributed by atoms with Gasteiger partial charge in [-0.25, -0.2) is 4.57 Å². The molecule has 200 valence electrons. The van der Waals surface area contributed by atoms with Crippen LogP contribution in [0.5, 0.6) is 5.75 Å². The van der Waals surface area contributed by atoms with Crippen LogP contribution in [0.2, 0.25) is 5.02 Å². The molecule has 36 heavy (non-hydrogen) atoms. The van der Waals surface area contributed by atoms with Crippen LogP contribution in [0, 0.1) is 0 Å². The quantitative estimate of drug-likeness (QED) is 0.142. The molecule has 1 N–H and O–H groups in total. The van der Waals surface area contributed by atoms with E-state index in [1.807, 2.05) is 30.6 Å². The Morgan fingerprint density at radius 2 is 1.47 bits per heavy atom. The van der Waals surface area contributed by atoms with Gasteiger partial charge in [0.1, 0.15) is 12.3 Å². The largest absolute Gasteiger partial charge is 0.494 e. The van der Waals surface area contributed by atoms with Gasteiger partial charge < -0.3 is 10.1 Å². The van der Waals surface area contributed by atoms with Crippen LogP contribution in [0.1, 0.15) is 120 Å². The van der Waals surface area contributed by atoms with Crippen LogP contribution in [-0.4, -0.2) is 12.5 Å². The van der Waals surface area contributed by atoms with E-state index in [1.54, 1.807) is 12.1 Å². The van der Waals surface area contributed by atoms with Crippen LogP contribution in [0.3, 0.4) is 0 Å². The third kappa shape index (κ3) is 12.8. The van der Waals surface area contributed by atoms with Gasteiger partial charge in [-0.3, -0.25) is 4.79 Å². The van der Waals surface area contributed by atoms with Crippen molar-refractivity contribution in [3.63, 3.8) is 0 Å². The molecule has 0 spiro atoms. The van der Waals surface area contributed by atoms with E-state index >= 15 is 0 Å². The summed E-state index contributed by atoms with van der Waals surface area (Å²) in [6.07, 6.45) is 22.9. The number of amides is 1. The fraction of sp³-hybridized carbons (Fsp3) is 0.613. The zero-order valence-electron chi connectivity index (χ0n) is 22.7. The summed E-state index contributed by atoms with van der Waals surface area (Å²) in [7, 11) is 0. The molecule has 5 heteroatoms. The fourth-order valence-electron chi connectivity index (χ4n) is 4.41. The number of unbranched alkanes of at least 4 members (excludes halogenated alkanes) is 13. The van der Waals surface area contributed by atoms with Gasteiger partial charge in [0.25, 0.3) is 5.91 Å². The second-order valence-corrected chi connectivity index (χ2v) is 10.2. The highest BCUT2D eigenvalue weighted by molar-refractivity contribution is 6.34. The topological polar surface area (TPSA) is 42.2 Å². The third-order valence-corrected chi connectivity index (χ3v) is 7.00. The van der Waals surface area contributed by atoms with Crippen molar-refractivity contribution in [3.05, 3.63) is 58.9 Å². The minimum atomic E-state index is -0.176. The number of benzene rings is 1. The average Bonchev–Trinajstić information content (AvgIpc) is 2.89. The van der Waals surface area contributed by atoms with E-state index in [-0.39, 0.29) is 5.91 Å². The van der Waals surface area contributed by atoms with Crippen molar-refractivity contribution in [2.45, 2.75) is 117 Å². The summed E-state index contributed by atoms with van der Waals surface area (Å²) >= 11 is 6.38. The van der Waals surface area contributed by atoms with E-state index in [0.29, 0.717) is 23.7 Å². The molecule has 0 aliphatic carbocycles. The zero-order chi connectivity index (χ0) is 25.8. The maximum atomic E-state index is 12.6. The number of carbonyl (C=O) groups excluding carboxylic acids is 1. The summed E-state index contributed by atoms with van der Waals surface area (Å²) in [5.74, 6) is 0.545. The number of nitrogens with zero attached hydrogens (tertiary/aromatic N) is 1. The first-order valence-electron chi connectivity index (χ1n) is 14.3. The predicted octanol–water partition coefficient (Wildman–Crippen LogP) is 8.44. The Morgan fingerprint density at radius 1 is 0.861 bits per heavy atom. The lowest BCUT2D eigenvalue weighted by molar-refractivity contribution is -0.694. The van der Waals surface area contributed by atoms with E-state index in [1.165, 1.54) is 83.5 Å². The highest BCUT2D eigenvalue weighted by Crippen LogP contribution is 2.23. The fourth-order valence-corrected chi connectivity index (χ4v) is 4.67. The Labute approximate surface area is 224 Å². The van der Waals surface area contributed by atoms with Gasteiger partial charge in [0.15, 0.2) is 12.4 Å². The van der Waals surface area contributed by atoms with Gasteiger partial charge in [-0.2, -0.15) is 0 Å². The van der Waals surface area contributed by atoms with Gasteiger partial charge in [-0.05, 0) is 37.6 Å². The lowest BCUT2D eigenvalue weighted by Crippen LogP contribution is -2.32. The van der Waals surface area contributed by atoms with Crippen molar-refractivity contribution in [2.75, 3.05) is 6.61 Å².